The summed E-state index contributed by atoms with van der Waals surface area (Å²) in [6.07, 6.45) is 1.83. The Morgan fingerprint density at radius 2 is 2.05 bits per heavy atom. The molecule has 112 valence electrons. The van der Waals surface area contributed by atoms with E-state index in [0.717, 1.165) is 5.69 Å². The Hall–Kier alpha value is -2.61. The summed E-state index contributed by atoms with van der Waals surface area (Å²) in [6.45, 7) is 0. The highest BCUT2D eigenvalue weighted by Gasteiger charge is 2.14. The van der Waals surface area contributed by atoms with Crippen LogP contribution in [0.5, 0.6) is 5.75 Å². The molecule has 2 heterocycles. The Morgan fingerprint density at radius 3 is 2.73 bits per heavy atom. The predicted octanol–water partition coefficient (Wildman–Crippen LogP) is 1.68. The third-order valence-corrected chi connectivity index (χ3v) is 4.02. The number of hydrogen-bond donors (Lipinski definition) is 1. The molecule has 1 N–H and O–H groups in total. The molecule has 3 rings (SSSR count). The van der Waals surface area contributed by atoms with Crippen LogP contribution in [-0.4, -0.2) is 41.4 Å². The van der Waals surface area contributed by atoms with E-state index in [1.807, 2.05) is 19.3 Å². The fourth-order valence-electron chi connectivity index (χ4n) is 1.98. The van der Waals surface area contributed by atoms with Crippen LogP contribution in [0.15, 0.2) is 47.8 Å². The molecule has 0 spiro atoms. The molecule has 1 aromatic carbocycles. The van der Waals surface area contributed by atoms with Crippen molar-refractivity contribution in [2.24, 2.45) is 7.05 Å². The summed E-state index contributed by atoms with van der Waals surface area (Å²) in [5.74, 6) is 0.429. The fraction of sp³-hybridized carbons (Fsp3) is 0.143. The molecule has 0 aliphatic heterocycles. The number of aromatic nitrogens is 5. The summed E-state index contributed by atoms with van der Waals surface area (Å²) < 4.78 is 3.31. The van der Waals surface area contributed by atoms with Crippen molar-refractivity contribution >= 4 is 17.5 Å². The monoisotopic (exact) mass is 315 g/mol. The maximum absolute atomic E-state index is 12.2. The predicted molar refractivity (Wildman–Crippen MR) is 81.3 cm³/mol. The van der Waals surface area contributed by atoms with Gasteiger partial charge in [0.15, 0.2) is 5.78 Å². The number of carbonyl (C=O) groups is 1. The maximum Gasteiger partial charge on any atom is 0.214 e. The van der Waals surface area contributed by atoms with Crippen molar-refractivity contribution in [3.05, 3.63) is 48.3 Å². The summed E-state index contributed by atoms with van der Waals surface area (Å²) in [5.41, 5.74) is 1.37. The third kappa shape index (κ3) is 2.86. The van der Waals surface area contributed by atoms with Crippen molar-refractivity contribution in [3.8, 4) is 11.4 Å². The van der Waals surface area contributed by atoms with E-state index < -0.39 is 0 Å². The number of aryl methyl sites for hydroxylation is 1. The van der Waals surface area contributed by atoms with Crippen LogP contribution in [0.1, 0.15) is 10.5 Å². The molecular formula is C14H13N5O2S. The van der Waals surface area contributed by atoms with E-state index in [0.29, 0.717) is 10.9 Å². The fourth-order valence-corrected chi connectivity index (χ4v) is 2.75. The average Bonchev–Trinajstić information content (AvgIpc) is 3.14. The van der Waals surface area contributed by atoms with Crippen LogP contribution >= 0.6 is 11.8 Å². The van der Waals surface area contributed by atoms with Crippen molar-refractivity contribution in [1.82, 2.24) is 24.8 Å². The second-order valence-electron chi connectivity index (χ2n) is 4.61. The van der Waals surface area contributed by atoms with Crippen LogP contribution in [0.25, 0.3) is 5.69 Å². The number of aromatic hydroxyl groups is 1. The van der Waals surface area contributed by atoms with Gasteiger partial charge in [-0.25, -0.2) is 0 Å². The van der Waals surface area contributed by atoms with E-state index in [-0.39, 0.29) is 17.3 Å². The highest BCUT2D eigenvalue weighted by molar-refractivity contribution is 7.99. The molecule has 0 unspecified atom stereocenters. The van der Waals surface area contributed by atoms with E-state index >= 15 is 0 Å². The molecule has 0 bridgehead atoms. The second kappa shape index (κ2) is 6.02. The lowest BCUT2D eigenvalue weighted by Gasteiger charge is -2.04. The molecule has 8 heteroatoms. The van der Waals surface area contributed by atoms with Gasteiger partial charge in [0, 0.05) is 13.2 Å². The summed E-state index contributed by atoms with van der Waals surface area (Å²) in [6, 6.07) is 10.1. The Balaban J connectivity index is 1.74. The number of Topliss-reactive ketones (excluding diaryl/α,β-unsaturated/α-hetero) is 1. The highest BCUT2D eigenvalue weighted by Crippen LogP contribution is 2.20. The first-order valence-corrected chi connectivity index (χ1v) is 7.49. The van der Waals surface area contributed by atoms with Gasteiger partial charge in [-0.1, -0.05) is 11.8 Å². The summed E-state index contributed by atoms with van der Waals surface area (Å²) in [7, 11) is 1.83. The van der Waals surface area contributed by atoms with Crippen molar-refractivity contribution in [1.29, 1.82) is 0 Å². The number of ketones is 1. The lowest BCUT2D eigenvalue weighted by atomic mass is 10.3. The molecule has 22 heavy (non-hydrogen) atoms. The normalized spacial score (nSPS) is 10.8. The van der Waals surface area contributed by atoms with Crippen molar-refractivity contribution in [2.75, 3.05) is 5.75 Å². The molecular weight excluding hydrogens is 302 g/mol. The highest BCUT2D eigenvalue weighted by atomic mass is 32.2. The van der Waals surface area contributed by atoms with Gasteiger partial charge in [0.1, 0.15) is 5.75 Å². The minimum Gasteiger partial charge on any atom is -0.508 e. The topological polar surface area (TPSA) is 85.8 Å². The Kier molecular flexibility index (Phi) is 3.92. The molecule has 0 aliphatic carbocycles. The molecule has 0 atom stereocenters. The number of benzene rings is 1. The van der Waals surface area contributed by atoms with Gasteiger partial charge in [-0.15, -0.1) is 5.10 Å². The van der Waals surface area contributed by atoms with Gasteiger partial charge in [-0.05, 0) is 46.8 Å². The Morgan fingerprint density at radius 1 is 1.27 bits per heavy atom. The second-order valence-corrected chi connectivity index (χ2v) is 5.55. The number of phenolic OH excluding ortho intramolecular Hbond substituents is 1. The lowest BCUT2D eigenvalue weighted by molar-refractivity contribution is 0.101. The standard InChI is InChI=1S/C14H13N5O2S/c1-18-8-2-3-12(18)13(21)9-22-14-15-16-17-19(14)10-4-6-11(20)7-5-10/h2-8,20H,9H2,1H3. The number of thioether (sulfide) groups is 1. The first kappa shape index (κ1) is 14.3. The number of carbonyl (C=O) groups excluding carboxylic acids is 1. The van der Waals surface area contributed by atoms with Crippen molar-refractivity contribution in [3.63, 3.8) is 0 Å². The van der Waals surface area contributed by atoms with Gasteiger partial charge < -0.3 is 9.67 Å². The molecule has 0 fully saturated rings. The largest absolute Gasteiger partial charge is 0.508 e. The van der Waals surface area contributed by atoms with Crippen LogP contribution in [-0.2, 0) is 7.05 Å². The van der Waals surface area contributed by atoms with Gasteiger partial charge in [0.25, 0.3) is 0 Å². The van der Waals surface area contributed by atoms with E-state index in [1.165, 1.54) is 16.4 Å². The molecule has 0 aliphatic rings. The number of phenols is 1. The first-order chi connectivity index (χ1) is 10.6. The van der Waals surface area contributed by atoms with E-state index in [9.17, 15) is 9.90 Å². The van der Waals surface area contributed by atoms with E-state index in [1.54, 1.807) is 34.9 Å². The van der Waals surface area contributed by atoms with Crippen molar-refractivity contribution in [2.45, 2.75) is 5.16 Å². The lowest BCUT2D eigenvalue weighted by Crippen LogP contribution is -2.08. The smallest absolute Gasteiger partial charge is 0.214 e. The van der Waals surface area contributed by atoms with Crippen molar-refractivity contribution < 1.29 is 9.90 Å². The average molecular weight is 315 g/mol. The summed E-state index contributed by atoms with van der Waals surface area (Å²) >= 11 is 1.27. The summed E-state index contributed by atoms with van der Waals surface area (Å²) in [5, 5.41) is 21.3. The van der Waals surface area contributed by atoms with Crippen LogP contribution in [0, 0.1) is 0 Å². The van der Waals surface area contributed by atoms with Gasteiger partial charge in [0.05, 0.1) is 17.1 Å². The minimum atomic E-state index is 0.0118. The molecule has 0 saturated heterocycles. The minimum absolute atomic E-state index is 0.0118. The zero-order chi connectivity index (χ0) is 15.5. The number of tetrazole rings is 1. The van der Waals surface area contributed by atoms with Crippen LogP contribution in [0.4, 0.5) is 0 Å². The molecule has 2 aromatic heterocycles. The van der Waals surface area contributed by atoms with Gasteiger partial charge >= 0.3 is 0 Å². The SMILES string of the molecule is Cn1cccc1C(=O)CSc1nnnn1-c1ccc(O)cc1. The molecule has 7 nitrogen and oxygen atoms in total. The van der Waals surface area contributed by atoms with Crippen LogP contribution in [0.2, 0.25) is 0 Å². The quantitative estimate of drug-likeness (QED) is 0.569. The number of rotatable bonds is 5. The molecule has 0 radical (unpaired) electrons. The van der Waals surface area contributed by atoms with Gasteiger partial charge in [-0.3, -0.25) is 4.79 Å². The Labute approximate surface area is 130 Å². The van der Waals surface area contributed by atoms with Crippen LogP contribution < -0.4 is 0 Å². The van der Waals surface area contributed by atoms with Gasteiger partial charge in [0.2, 0.25) is 5.16 Å². The van der Waals surface area contributed by atoms with E-state index in [4.69, 9.17) is 0 Å². The number of nitrogens with zero attached hydrogens (tertiary/aromatic N) is 5. The van der Waals surface area contributed by atoms with Gasteiger partial charge in [-0.2, -0.15) is 4.68 Å². The molecule has 0 saturated carbocycles. The molecule has 0 amide bonds. The van der Waals surface area contributed by atoms with E-state index in [2.05, 4.69) is 15.5 Å². The maximum atomic E-state index is 12.2. The zero-order valence-corrected chi connectivity index (χ0v) is 12.6. The Bertz CT molecular complexity index is 794. The molecule has 3 aromatic rings. The summed E-state index contributed by atoms with van der Waals surface area (Å²) in [4.78, 5) is 12.2. The van der Waals surface area contributed by atoms with Crippen LogP contribution in [0.3, 0.4) is 0 Å². The zero-order valence-electron chi connectivity index (χ0n) is 11.7. The number of hydrogen-bond acceptors (Lipinski definition) is 6. The third-order valence-electron chi connectivity index (χ3n) is 3.10. The first-order valence-electron chi connectivity index (χ1n) is 6.50.